The second-order valence-corrected chi connectivity index (χ2v) is 39.5. The molecule has 0 spiro atoms. The molecule has 0 saturated heterocycles. The molecule has 16 rings (SSSR count). The lowest BCUT2D eigenvalue weighted by Crippen LogP contribution is -2.41. The molecule has 6 aromatic heterocycles. The van der Waals surface area contributed by atoms with E-state index < -0.39 is 5.82 Å². The molecule has 6 heterocycles. The topological polar surface area (TPSA) is 307 Å². The summed E-state index contributed by atoms with van der Waals surface area (Å²) >= 11 is 0. The molecule has 0 aliphatic heterocycles. The number of para-hydroxylation sites is 2. The molecular weight excluding hydrogens is 1880 g/mol. The Hall–Kier alpha value is -14.5. The fraction of sp³-hybridized carbons (Fsp3) is 0.395. The summed E-state index contributed by atoms with van der Waals surface area (Å²) in [5.41, 5.74) is 7.36. The number of nitrogens with zero attached hydrogens (tertiary/aromatic N) is 6. The lowest BCUT2D eigenvalue weighted by atomic mass is 9.80. The van der Waals surface area contributed by atoms with E-state index in [0.717, 1.165) is 11.4 Å². The van der Waals surface area contributed by atoms with E-state index in [9.17, 15) is 50.7 Å². The van der Waals surface area contributed by atoms with Gasteiger partial charge in [0, 0.05) is 97.7 Å². The second kappa shape index (κ2) is 59.3. The Morgan fingerprint density at radius 1 is 0.277 bits per heavy atom. The van der Waals surface area contributed by atoms with Crippen molar-refractivity contribution in [2.75, 3.05) is 0 Å². The van der Waals surface area contributed by atoms with Crippen LogP contribution in [0.1, 0.15) is 288 Å². The minimum atomic E-state index is -0.403. The second-order valence-electron chi connectivity index (χ2n) is 39.5. The van der Waals surface area contributed by atoms with E-state index in [2.05, 4.69) is 124 Å². The number of carbonyl (C=O) groups is 6. The lowest BCUT2D eigenvalue weighted by Gasteiger charge is -2.31. The quantitative estimate of drug-likeness (QED) is 0.0201. The van der Waals surface area contributed by atoms with Crippen LogP contribution in [0, 0.1) is 64.1 Å². The Morgan fingerprint density at radius 3 is 0.764 bits per heavy atom. The van der Waals surface area contributed by atoms with Crippen molar-refractivity contribution in [2.45, 2.75) is 268 Å². The van der Waals surface area contributed by atoms with Gasteiger partial charge in [-0.2, -0.15) is 0 Å². The van der Waals surface area contributed by atoms with Crippen LogP contribution in [-0.4, -0.2) is 102 Å². The van der Waals surface area contributed by atoms with E-state index in [-0.39, 0.29) is 139 Å². The molecule has 29 heteroatoms. The maximum Gasteiger partial charge on any atom is 0.253 e. The Kier molecular flexibility index (Phi) is 45.6. The number of pyridine rings is 6. The van der Waals surface area contributed by atoms with Crippen LogP contribution in [0.3, 0.4) is 0 Å². The molecule has 4 aliphatic rings. The highest BCUT2D eigenvalue weighted by Crippen LogP contribution is 2.33. The summed E-state index contributed by atoms with van der Waals surface area (Å²) in [6, 6.07) is 61.6. The van der Waals surface area contributed by atoms with Gasteiger partial charge in [-0.1, -0.05) is 153 Å². The molecule has 6 atom stereocenters. The maximum absolute atomic E-state index is 13.5. The molecule has 4 fully saturated rings. The van der Waals surface area contributed by atoms with Crippen molar-refractivity contribution < 1.29 is 79.1 Å². The van der Waals surface area contributed by atoms with Crippen molar-refractivity contribution in [3.8, 4) is 34.5 Å². The van der Waals surface area contributed by atoms with Gasteiger partial charge in [0.25, 0.3) is 35.4 Å². The molecule has 4 saturated carbocycles. The van der Waals surface area contributed by atoms with E-state index in [0.29, 0.717) is 121 Å². The number of rotatable bonds is 35. The summed E-state index contributed by atoms with van der Waals surface area (Å²) in [6.07, 6.45) is 31.7. The average molecular weight is 2030 g/mol. The number of ether oxygens (including phenoxy) is 6. The monoisotopic (exact) mass is 2030 g/mol. The first-order valence-electron chi connectivity index (χ1n) is 51.4. The van der Waals surface area contributed by atoms with Crippen LogP contribution in [0.15, 0.2) is 262 Å². The highest BCUT2D eigenvalue weighted by Gasteiger charge is 2.29. The van der Waals surface area contributed by atoms with Gasteiger partial charge in [0.05, 0.1) is 67.5 Å². The van der Waals surface area contributed by atoms with Gasteiger partial charge in [0.1, 0.15) is 91.7 Å². The molecule has 0 bridgehead atoms. The number of benzene rings is 6. The van der Waals surface area contributed by atoms with E-state index in [4.69, 9.17) is 28.4 Å². The van der Waals surface area contributed by atoms with Gasteiger partial charge < -0.3 is 60.3 Å². The third-order valence-electron chi connectivity index (χ3n) is 27.0. The Bertz CT molecular complexity index is 6080. The summed E-state index contributed by atoms with van der Waals surface area (Å²) < 4.78 is 98.9. The predicted octanol–water partition coefficient (Wildman–Crippen LogP) is 24.6. The first-order chi connectivity index (χ1) is 71.3. The number of aromatic nitrogens is 6. The van der Waals surface area contributed by atoms with E-state index in [1.54, 1.807) is 152 Å². The van der Waals surface area contributed by atoms with Crippen molar-refractivity contribution in [3.63, 3.8) is 0 Å². The maximum atomic E-state index is 13.5. The van der Waals surface area contributed by atoms with Crippen LogP contribution < -0.4 is 60.3 Å². The van der Waals surface area contributed by atoms with Gasteiger partial charge in [-0.15, -0.1) is 0 Å². The number of carbonyl (C=O) groups excluding carboxylic acids is 6. The molecule has 784 valence electrons. The fourth-order valence-corrected chi connectivity index (χ4v) is 16.5. The highest BCUT2D eigenvalue weighted by molar-refractivity contribution is 5.97. The van der Waals surface area contributed by atoms with Crippen LogP contribution in [0.5, 0.6) is 34.5 Å². The van der Waals surface area contributed by atoms with Crippen molar-refractivity contribution in [1.29, 1.82) is 0 Å². The van der Waals surface area contributed by atoms with Crippen molar-refractivity contribution in [1.82, 2.24) is 61.8 Å². The highest BCUT2D eigenvalue weighted by atomic mass is 19.1. The van der Waals surface area contributed by atoms with Crippen LogP contribution in [0.2, 0.25) is 0 Å². The number of amides is 6. The Labute approximate surface area is 867 Å². The number of hydrogen-bond acceptors (Lipinski definition) is 18. The molecule has 148 heavy (non-hydrogen) atoms. The molecule has 0 radical (unpaired) electrons. The van der Waals surface area contributed by atoms with Gasteiger partial charge >= 0.3 is 0 Å². The van der Waals surface area contributed by atoms with Crippen molar-refractivity contribution in [2.24, 2.45) is 35.0 Å². The van der Waals surface area contributed by atoms with E-state index >= 15 is 0 Å². The van der Waals surface area contributed by atoms with Crippen molar-refractivity contribution >= 4 is 35.4 Å². The molecule has 12 aromatic rings. The zero-order valence-electron chi connectivity index (χ0n) is 86.6. The average Bonchev–Trinajstić information content (AvgIpc) is 0.877. The van der Waals surface area contributed by atoms with Crippen LogP contribution in [0.25, 0.3) is 0 Å². The summed E-state index contributed by atoms with van der Waals surface area (Å²) in [7, 11) is 0. The fourth-order valence-electron chi connectivity index (χ4n) is 16.5. The first-order valence-corrected chi connectivity index (χ1v) is 51.4. The molecule has 24 nitrogen and oxygen atoms in total. The van der Waals surface area contributed by atoms with Gasteiger partial charge in [-0.05, 0) is 274 Å². The van der Waals surface area contributed by atoms with Crippen molar-refractivity contribution in [3.05, 3.63) is 358 Å². The summed E-state index contributed by atoms with van der Waals surface area (Å²) in [6.45, 7) is 24.0. The minimum Gasteiger partial charge on any atom is -0.487 e. The molecule has 6 aromatic carbocycles. The molecule has 6 amide bonds. The van der Waals surface area contributed by atoms with Crippen LogP contribution >= 0.6 is 0 Å². The van der Waals surface area contributed by atoms with Gasteiger partial charge in [-0.25, -0.2) is 22.0 Å². The molecule has 0 unspecified atom stereocenters. The predicted molar refractivity (Wildman–Crippen MR) is 563 cm³/mol. The largest absolute Gasteiger partial charge is 0.487 e. The van der Waals surface area contributed by atoms with Gasteiger partial charge in [-0.3, -0.25) is 58.7 Å². The third kappa shape index (κ3) is 39.4. The Balaban J connectivity index is 0.000000169. The smallest absolute Gasteiger partial charge is 0.253 e. The summed E-state index contributed by atoms with van der Waals surface area (Å²) in [4.78, 5) is 99.2. The molecule has 6 N–H and O–H groups in total. The normalized spacial score (nSPS) is 14.8. The number of nitrogens with one attached hydrogen (secondary N) is 6. The summed E-state index contributed by atoms with van der Waals surface area (Å²) in [5.74, 6) is 3.10. The van der Waals surface area contributed by atoms with Crippen LogP contribution in [0.4, 0.5) is 22.0 Å². The Morgan fingerprint density at radius 2 is 0.520 bits per heavy atom. The van der Waals surface area contributed by atoms with E-state index in [1.165, 1.54) is 183 Å². The summed E-state index contributed by atoms with van der Waals surface area (Å²) in [5, 5.41) is 18.2. The lowest BCUT2D eigenvalue weighted by molar-refractivity contribution is 0.0901. The number of hydrogen-bond donors (Lipinski definition) is 6. The zero-order chi connectivity index (χ0) is 106. The minimum absolute atomic E-state index is 0.0121. The third-order valence-corrected chi connectivity index (χ3v) is 27.0. The van der Waals surface area contributed by atoms with Gasteiger partial charge in [0.2, 0.25) is 0 Å². The van der Waals surface area contributed by atoms with Crippen LogP contribution in [-0.2, 0) is 39.6 Å². The number of halogens is 5. The zero-order valence-corrected chi connectivity index (χ0v) is 86.6. The standard InChI is InChI=1S/2C21H25FN2O2.C21H26N2O2.C19H21FN2O2.C19H23FN2O2.C18H21FN2O2/c1-15(16-7-3-2-4-8-16)24-21(25)17-11-12-18(23-13-17)14-26-20-10-6-5-9-19(20)22;1-15(16-6-3-2-4-7-16)24-21(25)17-10-11-19(23-13-17)14-26-20-9-5-8-18(22)12-20;1-16(17-8-4-2-5-9-17)23-21(24)18-12-13-19(22-14-18)15-25-20-10-6-3-7-11-20;1-13(14-4-2-5-14)22-19(23)15-8-9-17(21-11-15)12-24-18-7-3-6-16(20)10-18;1-13(19(2,3)4)22-18(23)14-8-9-16(21-11-14)12-24-17-7-5-6-15(20)10-17;1-12(2)13(3)21-18(22)14-7-8-16(20-10-14)11-23-17-6-4-5-15(19)9-17/h5-6,9-13,15-16H,2-4,7-8,14H2,1H3,(H,24,25);5,8-13,15-16H,2-4,6-7,14H2,1H3,(H,24,25);3,6-7,10-14,16-17H,2,4-5,8-9,15H2,1H3,(H,23,24);3,6-11,13-14H,2,4-5,12H2,1H3,(H,22,23);5-11,13H,12H2,1-4H3,(H,22,23);4-10,12-13H,11H2,1-3H3,(H,21,22)/t2*15-;16-;3*13-/m111111/s1. The molecular formula is C119H141F5N12O12. The molecule has 4 aliphatic carbocycles. The van der Waals surface area contributed by atoms with E-state index in [1.807, 2.05) is 56.3 Å². The SMILES string of the molecule is CC(C)[C@@H](C)NC(=O)c1ccc(COc2cccc(F)c2)nc1.C[C@@H](NC(=O)c1ccc(COc2cccc(F)c2)nc1)C(C)(C)C.C[C@@H](NC(=O)c1ccc(COc2cccc(F)c2)nc1)C1CCC1.C[C@@H](NC(=O)c1ccc(COc2cccc(F)c2)nc1)C1CCCCC1.C[C@@H](NC(=O)c1ccc(COc2ccccc2)nc1)C1CCCCC1.C[C@@H](NC(=O)c1ccc(COc2ccccc2F)nc1)C1CCCCC1. The first kappa shape index (κ1) is 114. The van der Waals surface area contributed by atoms with Gasteiger partial charge in [0.15, 0.2) is 11.6 Å².